The number of aryl methyl sites for hydroxylation is 1. The summed E-state index contributed by atoms with van der Waals surface area (Å²) in [5.74, 6) is -0.640. The first-order valence-corrected chi connectivity index (χ1v) is 8.75. The number of aliphatic hydroxyl groups excluding tert-OH is 1. The lowest BCUT2D eigenvalue weighted by Gasteiger charge is -2.10. The van der Waals surface area contributed by atoms with Crippen LogP contribution in [0.25, 0.3) is 0 Å². The van der Waals surface area contributed by atoms with E-state index in [2.05, 4.69) is 30.6 Å². The van der Waals surface area contributed by atoms with E-state index in [1.807, 2.05) is 5.48 Å². The van der Waals surface area contributed by atoms with Crippen LogP contribution in [0.3, 0.4) is 0 Å². The summed E-state index contributed by atoms with van der Waals surface area (Å²) in [6.45, 7) is 1.52. The molecule has 0 spiro atoms. The van der Waals surface area contributed by atoms with Crippen LogP contribution in [0.1, 0.15) is 36.2 Å². The fourth-order valence-corrected chi connectivity index (χ4v) is 2.93. The van der Waals surface area contributed by atoms with Gasteiger partial charge in [-0.2, -0.15) is 0 Å². The van der Waals surface area contributed by atoms with Crippen LogP contribution in [0.15, 0.2) is 27.8 Å². The van der Waals surface area contributed by atoms with E-state index in [-0.39, 0.29) is 48.2 Å². The van der Waals surface area contributed by atoms with E-state index in [0.717, 1.165) is 17.5 Å². The first-order chi connectivity index (χ1) is 13.5. The van der Waals surface area contributed by atoms with Crippen molar-refractivity contribution in [3.05, 3.63) is 40.8 Å². The van der Waals surface area contributed by atoms with Crippen molar-refractivity contribution in [3.63, 3.8) is 0 Å². The number of nitrogens with zero attached hydrogens (tertiary/aromatic N) is 3. The van der Waals surface area contributed by atoms with Crippen LogP contribution in [0, 0.1) is 5.82 Å². The number of fused-ring (bicyclic) bond motifs is 1. The van der Waals surface area contributed by atoms with Crippen molar-refractivity contribution in [2.75, 3.05) is 18.4 Å². The number of aromatic nitrogens is 2. The van der Waals surface area contributed by atoms with Crippen molar-refractivity contribution in [2.24, 2.45) is 4.99 Å². The summed E-state index contributed by atoms with van der Waals surface area (Å²) in [6, 6.07) is 4.20. The zero-order chi connectivity index (χ0) is 20.1. The average molecular weight is 392 g/mol. The van der Waals surface area contributed by atoms with Gasteiger partial charge in [0.2, 0.25) is 11.7 Å². The lowest BCUT2D eigenvalue weighted by Crippen LogP contribution is -2.35. The monoisotopic (exact) mass is 392 g/mol. The molecule has 3 rings (SSSR count). The largest absolute Gasteiger partial charge is 0.392 e. The van der Waals surface area contributed by atoms with Gasteiger partial charge in [0.1, 0.15) is 5.82 Å². The molecule has 1 aromatic heterocycles. The third-order valence-corrected chi connectivity index (χ3v) is 4.27. The molecule has 1 heterocycles. The van der Waals surface area contributed by atoms with Gasteiger partial charge in [0, 0.05) is 6.54 Å². The highest BCUT2D eigenvalue weighted by molar-refractivity contribution is 6.00. The zero-order valence-corrected chi connectivity index (χ0v) is 15.1. The number of aliphatic hydroxyl groups is 1. The molecule has 1 aromatic carbocycles. The molecule has 28 heavy (non-hydrogen) atoms. The minimum Gasteiger partial charge on any atom is -0.392 e. The van der Waals surface area contributed by atoms with Gasteiger partial charge in [-0.3, -0.25) is 20.5 Å². The quantitative estimate of drug-likeness (QED) is 0.261. The predicted molar refractivity (Wildman–Crippen MR) is 96.4 cm³/mol. The molecule has 1 aliphatic rings. The van der Waals surface area contributed by atoms with E-state index in [0.29, 0.717) is 6.42 Å². The number of amidine groups is 1. The number of anilines is 1. The van der Waals surface area contributed by atoms with Gasteiger partial charge in [-0.15, -0.1) is 0 Å². The molecule has 10 nitrogen and oxygen atoms in total. The molecule has 0 bridgehead atoms. The molecular formula is C17H21FN6O4. The highest BCUT2D eigenvalue weighted by Crippen LogP contribution is 2.35. The number of benzene rings is 1. The second-order valence-electron chi connectivity index (χ2n) is 6.46. The van der Waals surface area contributed by atoms with Gasteiger partial charge in [-0.1, -0.05) is 6.07 Å². The minimum atomic E-state index is -0.662. The molecule has 1 unspecified atom stereocenters. The second-order valence-corrected chi connectivity index (χ2v) is 6.46. The SMILES string of the molecule is CC(O)CNC(=O)CNc1nonc1C(=N[C@H]1CCc2ccc(F)cc21)NO. The van der Waals surface area contributed by atoms with E-state index >= 15 is 0 Å². The summed E-state index contributed by atoms with van der Waals surface area (Å²) in [6.07, 6.45) is 0.734. The molecular weight excluding hydrogens is 371 g/mol. The Morgan fingerprint density at radius 3 is 3.04 bits per heavy atom. The molecule has 150 valence electrons. The molecule has 0 fully saturated rings. The summed E-state index contributed by atoms with van der Waals surface area (Å²) < 4.78 is 18.3. The van der Waals surface area contributed by atoms with Crippen LogP contribution in [0.4, 0.5) is 10.2 Å². The van der Waals surface area contributed by atoms with Crippen LogP contribution in [0.2, 0.25) is 0 Å². The zero-order valence-electron chi connectivity index (χ0n) is 15.1. The van der Waals surface area contributed by atoms with E-state index in [1.165, 1.54) is 12.1 Å². The number of halogens is 1. The summed E-state index contributed by atoms with van der Waals surface area (Å²) in [5, 5.41) is 31.3. The number of carbonyl (C=O) groups is 1. The van der Waals surface area contributed by atoms with Crippen LogP contribution in [-0.4, -0.2) is 51.6 Å². The summed E-state index contributed by atoms with van der Waals surface area (Å²) >= 11 is 0. The third-order valence-electron chi connectivity index (χ3n) is 4.27. The lowest BCUT2D eigenvalue weighted by atomic mass is 10.1. The lowest BCUT2D eigenvalue weighted by molar-refractivity contribution is -0.119. The summed E-state index contributed by atoms with van der Waals surface area (Å²) in [4.78, 5) is 16.2. The fourth-order valence-electron chi connectivity index (χ4n) is 2.93. The number of aliphatic imine (C=N–C) groups is 1. The Kier molecular flexibility index (Phi) is 6.16. The Balaban J connectivity index is 1.73. The van der Waals surface area contributed by atoms with E-state index in [1.54, 1.807) is 13.0 Å². The van der Waals surface area contributed by atoms with Gasteiger partial charge in [0.15, 0.2) is 11.5 Å². The minimum absolute atomic E-state index is 0.0183. The molecule has 2 aromatic rings. The molecule has 1 amide bonds. The van der Waals surface area contributed by atoms with Crippen molar-refractivity contribution in [1.82, 2.24) is 21.1 Å². The van der Waals surface area contributed by atoms with Crippen molar-refractivity contribution in [2.45, 2.75) is 31.9 Å². The number of carbonyl (C=O) groups excluding carboxylic acids is 1. The molecule has 0 aliphatic heterocycles. The highest BCUT2D eigenvalue weighted by atomic mass is 19.1. The molecule has 0 saturated heterocycles. The molecule has 5 N–H and O–H groups in total. The van der Waals surface area contributed by atoms with Crippen molar-refractivity contribution in [1.29, 1.82) is 0 Å². The Morgan fingerprint density at radius 1 is 1.46 bits per heavy atom. The molecule has 0 saturated carbocycles. The smallest absolute Gasteiger partial charge is 0.239 e. The van der Waals surface area contributed by atoms with Crippen LogP contribution < -0.4 is 16.1 Å². The van der Waals surface area contributed by atoms with Crippen molar-refractivity contribution < 1.29 is 24.1 Å². The first kappa shape index (κ1) is 19.7. The molecule has 11 heteroatoms. The molecule has 0 radical (unpaired) electrons. The molecule has 1 aliphatic carbocycles. The maximum atomic E-state index is 13.6. The van der Waals surface area contributed by atoms with Crippen LogP contribution in [-0.2, 0) is 11.2 Å². The number of amides is 1. The Labute approximate surface area is 159 Å². The van der Waals surface area contributed by atoms with Gasteiger partial charge in [-0.05, 0) is 53.3 Å². The normalized spacial score (nSPS) is 17.1. The van der Waals surface area contributed by atoms with Crippen LogP contribution in [0.5, 0.6) is 0 Å². The number of hydroxylamine groups is 1. The van der Waals surface area contributed by atoms with Crippen molar-refractivity contribution >= 4 is 17.6 Å². The maximum absolute atomic E-state index is 13.6. The summed E-state index contributed by atoms with van der Waals surface area (Å²) in [5.41, 5.74) is 3.79. The Bertz CT molecular complexity index is 869. The number of hydrogen-bond donors (Lipinski definition) is 5. The van der Waals surface area contributed by atoms with Gasteiger partial charge < -0.3 is 15.7 Å². The van der Waals surface area contributed by atoms with E-state index in [9.17, 15) is 19.5 Å². The Morgan fingerprint density at radius 2 is 2.29 bits per heavy atom. The van der Waals surface area contributed by atoms with Gasteiger partial charge in [-0.25, -0.2) is 9.02 Å². The maximum Gasteiger partial charge on any atom is 0.239 e. The average Bonchev–Trinajstić information content (AvgIpc) is 3.29. The fraction of sp³-hybridized carbons (Fsp3) is 0.412. The standard InChI is InChI=1S/C17H21FN6O4/c1-9(25)7-19-14(26)8-20-16-15(23-28-24-16)17(22-27)21-13-5-3-10-2-4-11(18)6-12(10)13/h2,4,6,9,13,25,27H,3,5,7-8H2,1H3,(H,19,26)(H,20,24)(H,21,22)/t9?,13-/m0/s1. The number of nitrogens with one attached hydrogen (secondary N) is 3. The second kappa shape index (κ2) is 8.76. The van der Waals surface area contributed by atoms with E-state index < -0.39 is 6.10 Å². The highest BCUT2D eigenvalue weighted by Gasteiger charge is 2.25. The van der Waals surface area contributed by atoms with Gasteiger partial charge >= 0.3 is 0 Å². The number of rotatable bonds is 7. The van der Waals surface area contributed by atoms with Crippen molar-refractivity contribution in [3.8, 4) is 0 Å². The predicted octanol–water partition coefficient (Wildman–Crippen LogP) is 0.530. The topological polar surface area (TPSA) is 145 Å². The number of hydrogen-bond acceptors (Lipinski definition) is 8. The van der Waals surface area contributed by atoms with Gasteiger partial charge in [0.05, 0.1) is 18.7 Å². The first-order valence-electron chi connectivity index (χ1n) is 8.75. The Hall–Kier alpha value is -3.05. The van der Waals surface area contributed by atoms with Gasteiger partial charge in [0.25, 0.3) is 0 Å². The van der Waals surface area contributed by atoms with Crippen LogP contribution >= 0.6 is 0 Å². The van der Waals surface area contributed by atoms with E-state index in [4.69, 9.17) is 0 Å². The molecule has 2 atom stereocenters. The third kappa shape index (κ3) is 4.61. The summed E-state index contributed by atoms with van der Waals surface area (Å²) in [7, 11) is 0.